The smallest absolute Gasteiger partial charge is 0.203 e. The lowest BCUT2D eigenvalue weighted by Crippen LogP contribution is -2.19. The monoisotopic (exact) mass is 600 g/mol. The van der Waals surface area contributed by atoms with E-state index in [1.165, 1.54) is 27.4 Å². The second-order valence-corrected chi connectivity index (χ2v) is 14.0. The molecule has 0 aromatic heterocycles. The van der Waals surface area contributed by atoms with E-state index in [0.29, 0.717) is 53.9 Å². The average molecular weight is 601 g/mol. The Labute approximate surface area is 237 Å². The highest BCUT2D eigenvalue weighted by Gasteiger charge is 2.34. The van der Waals surface area contributed by atoms with E-state index in [4.69, 9.17) is 28.4 Å². The second kappa shape index (κ2) is 13.8. The van der Waals surface area contributed by atoms with Gasteiger partial charge in [-0.15, -0.1) is 0 Å². The first-order chi connectivity index (χ1) is 19.0. The molecular weight excluding hydrogens is 560 g/mol. The lowest BCUT2D eigenvalue weighted by Gasteiger charge is -2.20. The zero-order valence-electron chi connectivity index (χ0n) is 24.0. The molecule has 1 fully saturated rings. The van der Waals surface area contributed by atoms with Crippen LogP contribution in [0.1, 0.15) is 56.3 Å². The minimum atomic E-state index is -3.99. The Hall–Kier alpha value is -2.70. The maximum atomic E-state index is 13.5. The molecule has 2 atom stereocenters. The molecule has 2 unspecified atom stereocenters. The summed E-state index contributed by atoms with van der Waals surface area (Å²) in [6.45, 7) is 4.98. The van der Waals surface area contributed by atoms with Crippen LogP contribution in [0.4, 0.5) is 0 Å². The summed E-state index contributed by atoms with van der Waals surface area (Å²) in [5, 5.41) is 0. The van der Waals surface area contributed by atoms with Gasteiger partial charge in [0.05, 0.1) is 63.7 Å². The third kappa shape index (κ3) is 7.73. The molecule has 40 heavy (non-hydrogen) atoms. The van der Waals surface area contributed by atoms with E-state index in [9.17, 15) is 16.8 Å². The summed E-state index contributed by atoms with van der Waals surface area (Å²) in [5.74, 6) is 0.870. The predicted molar refractivity (Wildman–Crippen MR) is 152 cm³/mol. The predicted octanol–water partition coefficient (Wildman–Crippen LogP) is 4.35. The van der Waals surface area contributed by atoms with Crippen molar-refractivity contribution in [3.05, 3.63) is 35.4 Å². The summed E-state index contributed by atoms with van der Waals surface area (Å²) in [4.78, 5) is 0.0326. The molecule has 1 aliphatic heterocycles. The van der Waals surface area contributed by atoms with Gasteiger partial charge in [0.15, 0.2) is 32.8 Å². The van der Waals surface area contributed by atoms with Gasteiger partial charge in [-0.25, -0.2) is 16.8 Å². The largest absolute Gasteiger partial charge is 0.493 e. The summed E-state index contributed by atoms with van der Waals surface area (Å²) in [6.07, 6.45) is 2.59. The van der Waals surface area contributed by atoms with Crippen molar-refractivity contribution in [2.45, 2.75) is 50.0 Å². The van der Waals surface area contributed by atoms with Crippen LogP contribution in [0, 0.1) is 0 Å². The lowest BCUT2D eigenvalue weighted by molar-refractivity contribution is 0.109. The minimum absolute atomic E-state index is 0.0326. The van der Waals surface area contributed by atoms with E-state index >= 15 is 0 Å². The molecule has 0 N–H and O–H groups in total. The topological polar surface area (TPSA) is 124 Å². The molecule has 3 rings (SSSR count). The molecule has 0 amide bonds. The zero-order chi connectivity index (χ0) is 29.5. The molecule has 224 valence electrons. The standard InChI is InChI=1S/C28H40O10S2/c1-7-9-36-23-16-21(27(17-24(23)37-10-8-2)40(31,32)12-11-39(6,29)30)20-15-22(38-18-20)19-13-25(33-3)28(35-5)26(14-19)34-4/h13-14,16-17,20,22H,7-12,15,18H2,1-6H3. The van der Waals surface area contributed by atoms with Crippen molar-refractivity contribution in [1.29, 1.82) is 0 Å². The number of methoxy groups -OCH3 is 3. The molecule has 0 saturated carbocycles. The Balaban J connectivity index is 2.07. The summed E-state index contributed by atoms with van der Waals surface area (Å²) in [6, 6.07) is 6.81. The third-order valence-electron chi connectivity index (χ3n) is 6.55. The Morgan fingerprint density at radius 2 is 1.38 bits per heavy atom. The van der Waals surface area contributed by atoms with Gasteiger partial charge in [0.25, 0.3) is 0 Å². The van der Waals surface area contributed by atoms with Crippen LogP contribution in [0.25, 0.3) is 0 Å². The van der Waals surface area contributed by atoms with Gasteiger partial charge in [-0.2, -0.15) is 0 Å². The molecule has 0 aliphatic carbocycles. The highest BCUT2D eigenvalue weighted by Crippen LogP contribution is 2.47. The second-order valence-electron chi connectivity index (χ2n) is 9.70. The molecule has 2 aromatic rings. The quantitative estimate of drug-likeness (QED) is 0.291. The van der Waals surface area contributed by atoms with E-state index in [1.54, 1.807) is 6.07 Å². The first-order valence-electron chi connectivity index (χ1n) is 13.2. The van der Waals surface area contributed by atoms with Crippen molar-refractivity contribution < 1.29 is 45.3 Å². The maximum Gasteiger partial charge on any atom is 0.203 e. The molecule has 1 heterocycles. The summed E-state index contributed by atoms with van der Waals surface area (Å²) in [7, 11) is -2.89. The van der Waals surface area contributed by atoms with Crippen molar-refractivity contribution in [2.24, 2.45) is 0 Å². The number of hydrogen-bond donors (Lipinski definition) is 0. The molecular formula is C28H40O10S2. The van der Waals surface area contributed by atoms with Crippen molar-refractivity contribution in [3.8, 4) is 28.7 Å². The number of sulfone groups is 2. The average Bonchev–Trinajstić information content (AvgIpc) is 3.42. The van der Waals surface area contributed by atoms with Crippen LogP contribution >= 0.6 is 0 Å². The van der Waals surface area contributed by atoms with Crippen molar-refractivity contribution in [2.75, 3.05) is 58.9 Å². The third-order valence-corrected chi connectivity index (χ3v) is 9.52. The van der Waals surface area contributed by atoms with Gasteiger partial charge in [-0.3, -0.25) is 0 Å². The summed E-state index contributed by atoms with van der Waals surface area (Å²) in [5.41, 5.74) is 1.31. The van der Waals surface area contributed by atoms with Crippen LogP contribution in [-0.2, 0) is 24.4 Å². The fourth-order valence-corrected chi connectivity index (χ4v) is 7.71. The van der Waals surface area contributed by atoms with E-state index < -0.39 is 31.2 Å². The number of rotatable bonds is 15. The Kier molecular flexibility index (Phi) is 11.0. The molecule has 1 saturated heterocycles. The molecule has 1 aliphatic rings. The van der Waals surface area contributed by atoms with Crippen molar-refractivity contribution >= 4 is 19.7 Å². The molecule has 0 radical (unpaired) electrons. The first kappa shape index (κ1) is 31.8. The van der Waals surface area contributed by atoms with Gasteiger partial charge in [0.2, 0.25) is 5.75 Å². The number of benzene rings is 2. The lowest BCUT2D eigenvalue weighted by atomic mass is 9.93. The highest BCUT2D eigenvalue weighted by atomic mass is 32.2. The highest BCUT2D eigenvalue weighted by molar-refractivity contribution is 7.94. The summed E-state index contributed by atoms with van der Waals surface area (Å²) >= 11 is 0. The molecule has 10 nitrogen and oxygen atoms in total. The van der Waals surface area contributed by atoms with Gasteiger partial charge >= 0.3 is 0 Å². The van der Waals surface area contributed by atoms with Crippen LogP contribution in [0.2, 0.25) is 0 Å². The summed E-state index contributed by atoms with van der Waals surface area (Å²) < 4.78 is 85.1. The minimum Gasteiger partial charge on any atom is -0.493 e. The van der Waals surface area contributed by atoms with Gasteiger partial charge in [-0.05, 0) is 48.6 Å². The molecule has 0 spiro atoms. The van der Waals surface area contributed by atoms with E-state index in [1.807, 2.05) is 26.0 Å². The Morgan fingerprint density at radius 3 is 1.88 bits per heavy atom. The molecule has 0 bridgehead atoms. The normalized spacial score (nSPS) is 17.4. The van der Waals surface area contributed by atoms with Crippen LogP contribution in [0.3, 0.4) is 0 Å². The van der Waals surface area contributed by atoms with Crippen LogP contribution in [-0.4, -0.2) is 75.7 Å². The fraction of sp³-hybridized carbons (Fsp3) is 0.571. The SMILES string of the molecule is CCCOc1cc(C2COC(c3cc(OC)c(OC)c(OC)c3)C2)c(S(=O)(=O)CCS(C)(=O)=O)cc1OCCC. The zero-order valence-corrected chi connectivity index (χ0v) is 25.7. The van der Waals surface area contributed by atoms with Gasteiger partial charge in [0.1, 0.15) is 9.84 Å². The first-order valence-corrected chi connectivity index (χ1v) is 16.9. The van der Waals surface area contributed by atoms with Gasteiger partial charge < -0.3 is 28.4 Å². The van der Waals surface area contributed by atoms with Crippen LogP contribution in [0.15, 0.2) is 29.2 Å². The van der Waals surface area contributed by atoms with Crippen molar-refractivity contribution in [1.82, 2.24) is 0 Å². The maximum absolute atomic E-state index is 13.5. The Morgan fingerprint density at radius 1 is 0.800 bits per heavy atom. The van der Waals surface area contributed by atoms with Crippen molar-refractivity contribution in [3.63, 3.8) is 0 Å². The fourth-order valence-electron chi connectivity index (χ4n) is 4.53. The molecule has 2 aromatic carbocycles. The van der Waals surface area contributed by atoms with Crippen LogP contribution < -0.4 is 23.7 Å². The number of hydrogen-bond acceptors (Lipinski definition) is 10. The van der Waals surface area contributed by atoms with Gasteiger partial charge in [0, 0.05) is 18.2 Å². The van der Waals surface area contributed by atoms with E-state index in [0.717, 1.165) is 24.7 Å². The molecule has 12 heteroatoms. The van der Waals surface area contributed by atoms with E-state index in [-0.39, 0.29) is 23.5 Å². The Bertz CT molecular complexity index is 1340. The van der Waals surface area contributed by atoms with Crippen LogP contribution in [0.5, 0.6) is 28.7 Å². The van der Waals surface area contributed by atoms with Gasteiger partial charge in [-0.1, -0.05) is 13.8 Å². The van der Waals surface area contributed by atoms with E-state index in [2.05, 4.69) is 0 Å². The number of ether oxygens (including phenoxy) is 6.